The Hall–Kier alpha value is -3.18. The van der Waals surface area contributed by atoms with Crippen LogP contribution in [0.2, 0.25) is 0 Å². The molecule has 2 heterocycles. The molecule has 0 atom stereocenters. The summed E-state index contributed by atoms with van der Waals surface area (Å²) < 4.78 is 71.5. The number of thioether (sulfide) groups is 1. The fourth-order valence-corrected chi connectivity index (χ4v) is 3.76. The maximum absolute atomic E-state index is 13.6. The zero-order chi connectivity index (χ0) is 24.2. The van der Waals surface area contributed by atoms with Gasteiger partial charge >= 0.3 is 5.76 Å². The van der Waals surface area contributed by atoms with Crippen LogP contribution in [0.25, 0.3) is 17.2 Å². The number of sulfonamides is 1. The van der Waals surface area contributed by atoms with Crippen LogP contribution in [0.5, 0.6) is 0 Å². The molecule has 0 unspecified atom stereocenters. The number of halogens is 3. The lowest BCUT2D eigenvalue weighted by Crippen LogP contribution is -2.29. The van der Waals surface area contributed by atoms with Gasteiger partial charge < -0.3 is 5.32 Å². The van der Waals surface area contributed by atoms with Crippen LogP contribution in [0.3, 0.4) is 0 Å². The molecule has 2 aromatic heterocycles. The summed E-state index contributed by atoms with van der Waals surface area (Å²) in [5.74, 6) is -3.21. The van der Waals surface area contributed by atoms with Crippen molar-refractivity contribution in [3.8, 4) is 17.2 Å². The monoisotopic (exact) mass is 508 g/mol. The highest BCUT2D eigenvalue weighted by Gasteiger charge is 2.24. The van der Waals surface area contributed by atoms with E-state index in [1.807, 2.05) is 0 Å². The lowest BCUT2D eigenvalue weighted by atomic mass is 10.2. The number of carbonyl (C=O) groups is 1. The van der Waals surface area contributed by atoms with E-state index in [1.54, 1.807) is 0 Å². The van der Waals surface area contributed by atoms with Gasteiger partial charge in [-0.15, -0.1) is 0 Å². The van der Waals surface area contributed by atoms with Crippen LogP contribution in [-0.2, 0) is 14.8 Å². The topological polar surface area (TPSA) is 176 Å². The second-order valence-corrected chi connectivity index (χ2v) is 9.16. The molecule has 0 aliphatic rings. The molecule has 0 spiro atoms. The fraction of sp³-hybridized carbons (Fsp3) is 0.312. The van der Waals surface area contributed by atoms with Crippen LogP contribution in [0.15, 0.2) is 37.2 Å². The Morgan fingerprint density at radius 1 is 1.27 bits per heavy atom. The van der Waals surface area contributed by atoms with Gasteiger partial charge in [0.25, 0.3) is 6.43 Å². The Kier molecular flexibility index (Phi) is 7.54. The molecule has 0 aliphatic heterocycles. The molecular weight excluding hydrogens is 493 g/mol. The van der Waals surface area contributed by atoms with Crippen LogP contribution in [-0.4, -0.2) is 52.4 Å². The number of amides is 1. The van der Waals surface area contributed by atoms with Gasteiger partial charge in [-0.3, -0.25) is 9.32 Å². The number of benzene rings is 1. The second-order valence-electron chi connectivity index (χ2n) is 6.35. The van der Waals surface area contributed by atoms with Crippen molar-refractivity contribution in [1.82, 2.24) is 25.4 Å². The lowest BCUT2D eigenvalue weighted by molar-refractivity contribution is -0.120. The number of nitrogens with zero attached hydrogens (tertiary/aromatic N) is 4. The van der Waals surface area contributed by atoms with Gasteiger partial charge in [0.05, 0.1) is 17.0 Å². The van der Waals surface area contributed by atoms with E-state index in [1.165, 1.54) is 0 Å². The minimum Gasteiger partial charge on any atom is -0.355 e. The molecule has 0 aliphatic carbocycles. The summed E-state index contributed by atoms with van der Waals surface area (Å²) in [7, 11) is -3.76. The van der Waals surface area contributed by atoms with Gasteiger partial charge in [0.2, 0.25) is 21.8 Å². The highest BCUT2D eigenvalue weighted by atomic mass is 32.2. The predicted octanol–water partition coefficient (Wildman–Crippen LogP) is 0.839. The van der Waals surface area contributed by atoms with Crippen LogP contribution in [0, 0.1) is 5.82 Å². The Morgan fingerprint density at radius 3 is 2.73 bits per heavy atom. The molecule has 33 heavy (non-hydrogen) atoms. The summed E-state index contributed by atoms with van der Waals surface area (Å²) in [6.45, 7) is 0.113. The molecule has 12 nitrogen and oxygen atoms in total. The van der Waals surface area contributed by atoms with Crippen LogP contribution < -0.4 is 16.2 Å². The van der Waals surface area contributed by atoms with Crippen molar-refractivity contribution in [1.29, 1.82) is 0 Å². The maximum atomic E-state index is 13.6. The molecule has 0 fully saturated rings. The molecule has 178 valence electrons. The molecule has 3 rings (SSSR count). The van der Waals surface area contributed by atoms with Crippen molar-refractivity contribution >= 4 is 27.7 Å². The van der Waals surface area contributed by atoms with E-state index in [4.69, 9.17) is 5.14 Å². The minimum absolute atomic E-state index is 0.0608. The molecule has 3 aromatic rings. The third-order valence-electron chi connectivity index (χ3n) is 4.02. The van der Waals surface area contributed by atoms with Gasteiger partial charge in [-0.25, -0.2) is 40.7 Å². The number of carbonyl (C=O) groups excluding carboxylic acids is 1. The van der Waals surface area contributed by atoms with Crippen molar-refractivity contribution < 1.29 is 35.5 Å². The van der Waals surface area contributed by atoms with Gasteiger partial charge in [-0.2, -0.15) is 0 Å². The zero-order valence-electron chi connectivity index (χ0n) is 16.4. The first-order chi connectivity index (χ1) is 15.6. The predicted molar refractivity (Wildman–Crippen MR) is 107 cm³/mol. The zero-order valence-corrected chi connectivity index (χ0v) is 18.0. The van der Waals surface area contributed by atoms with Gasteiger partial charge in [-0.05, 0) is 28.5 Å². The first-order valence-corrected chi connectivity index (χ1v) is 11.7. The van der Waals surface area contributed by atoms with Crippen molar-refractivity contribution in [3.05, 3.63) is 40.1 Å². The third kappa shape index (κ3) is 6.20. The van der Waals surface area contributed by atoms with Crippen LogP contribution in [0.1, 0.15) is 18.4 Å². The summed E-state index contributed by atoms with van der Waals surface area (Å²) in [5.41, 5.74) is -1.12. The first kappa shape index (κ1) is 24.5. The van der Waals surface area contributed by atoms with E-state index in [-0.39, 0.29) is 41.0 Å². The average Bonchev–Trinajstić information content (AvgIpc) is 3.35. The Morgan fingerprint density at radius 2 is 2.03 bits per heavy atom. The van der Waals surface area contributed by atoms with E-state index in [0.29, 0.717) is 0 Å². The Labute approximate surface area is 187 Å². The highest BCUT2D eigenvalue weighted by Crippen LogP contribution is 2.29. The molecule has 1 aromatic carbocycles. The number of nitrogens with two attached hydrogens (primary N) is 1. The summed E-state index contributed by atoms with van der Waals surface area (Å²) in [5, 5.41) is 18.3. The van der Waals surface area contributed by atoms with E-state index in [0.717, 1.165) is 34.5 Å². The number of primary sulfonamides is 1. The fourth-order valence-electron chi connectivity index (χ4n) is 2.54. The molecule has 0 saturated carbocycles. The smallest absolute Gasteiger partial charge is 0.355 e. The van der Waals surface area contributed by atoms with E-state index in [2.05, 4.69) is 29.9 Å². The van der Waals surface area contributed by atoms with Crippen LogP contribution >= 0.6 is 11.8 Å². The third-order valence-corrected chi connectivity index (χ3v) is 5.75. The molecule has 0 radical (unpaired) electrons. The number of hydrogen-bond donors (Lipinski definition) is 2. The molecule has 3 N–H and O–H groups in total. The van der Waals surface area contributed by atoms with Crippen molar-refractivity contribution in [2.45, 2.75) is 17.9 Å². The minimum atomic E-state index is -3.76. The van der Waals surface area contributed by atoms with E-state index in [9.17, 15) is 31.2 Å². The number of rotatable bonds is 10. The van der Waals surface area contributed by atoms with E-state index >= 15 is 0 Å². The van der Waals surface area contributed by atoms with Crippen molar-refractivity contribution in [3.63, 3.8) is 0 Å². The quantitative estimate of drug-likeness (QED) is 0.295. The van der Waals surface area contributed by atoms with Gasteiger partial charge in [0.15, 0.2) is 10.7 Å². The molecule has 1 amide bonds. The average molecular weight is 508 g/mol. The van der Waals surface area contributed by atoms with E-state index < -0.39 is 45.2 Å². The lowest BCUT2D eigenvalue weighted by Gasteiger charge is -2.07. The number of nitrogens with one attached hydrogen (secondary N) is 1. The molecule has 0 saturated heterocycles. The Balaban J connectivity index is 1.74. The van der Waals surface area contributed by atoms with Gasteiger partial charge in [-0.1, -0.05) is 16.9 Å². The highest BCUT2D eigenvalue weighted by molar-refractivity contribution is 7.99. The normalized spacial score (nSPS) is 11.8. The largest absolute Gasteiger partial charge is 0.446 e. The van der Waals surface area contributed by atoms with Crippen molar-refractivity contribution in [2.75, 3.05) is 18.1 Å². The van der Waals surface area contributed by atoms with Crippen molar-refractivity contribution in [2.24, 2.45) is 5.14 Å². The van der Waals surface area contributed by atoms with Gasteiger partial charge in [0.1, 0.15) is 5.82 Å². The number of aromatic nitrogens is 4. The maximum Gasteiger partial charge on any atom is 0.446 e. The number of hydrogen-bond acceptors (Lipinski definition) is 10. The molecular formula is C16H15F3N6O6S2. The summed E-state index contributed by atoms with van der Waals surface area (Å²) in [6.07, 6.45) is -3.42. The standard InChI is InChI=1S/C16H15F3N6O6S2/c17-10-2-1-8(7-9(10)13(18)19)25-14(23-30-16(25)27)12-15(24-31-22-12)32-5-4-21-11(26)3-6-33(20,28)29/h1-2,7,13H,3-6H2,(H,21,26)(H2,20,28,29). The Bertz CT molecular complexity index is 1310. The number of alkyl halides is 2. The SMILES string of the molecule is NS(=O)(=O)CCC(=O)NCCSc1nonc1-c1noc(=O)n1-c1ccc(F)c(C(F)F)c1. The summed E-state index contributed by atoms with van der Waals surface area (Å²) in [4.78, 5) is 23.8. The second kappa shape index (κ2) is 10.2. The first-order valence-electron chi connectivity index (χ1n) is 8.96. The molecule has 0 bridgehead atoms. The van der Waals surface area contributed by atoms with Crippen LogP contribution in [0.4, 0.5) is 13.2 Å². The summed E-state index contributed by atoms with van der Waals surface area (Å²) >= 11 is 1.04. The van der Waals surface area contributed by atoms with Gasteiger partial charge in [0, 0.05) is 18.7 Å². The summed E-state index contributed by atoms with van der Waals surface area (Å²) in [6, 6.07) is 2.63. The molecule has 17 heteroatoms.